The maximum atomic E-state index is 12.8. The van der Waals surface area contributed by atoms with Crippen molar-refractivity contribution in [1.82, 2.24) is 0 Å². The second-order valence-electron chi connectivity index (χ2n) is 11.7. The fraction of sp³-hybridized carbons (Fsp3) is 0.758. The van der Waals surface area contributed by atoms with Crippen molar-refractivity contribution >= 4 is 5.97 Å². The van der Waals surface area contributed by atoms with Crippen LogP contribution in [0.2, 0.25) is 0 Å². The molecule has 3 rings (SSSR count). The molecule has 0 saturated heterocycles. The number of hydrogen-bond donors (Lipinski definition) is 0. The minimum absolute atomic E-state index is 0.00306. The van der Waals surface area contributed by atoms with Gasteiger partial charge in [0, 0.05) is 0 Å². The van der Waals surface area contributed by atoms with E-state index in [0.717, 1.165) is 49.9 Å². The molecule has 2 aliphatic rings. The van der Waals surface area contributed by atoms with Crippen LogP contribution >= 0.6 is 0 Å². The molecule has 0 aromatic heterocycles. The topological polar surface area (TPSA) is 59.3 Å². The molecule has 37 heavy (non-hydrogen) atoms. The van der Waals surface area contributed by atoms with Gasteiger partial charge in [0.1, 0.15) is 17.9 Å². The van der Waals surface area contributed by atoms with Gasteiger partial charge in [-0.3, -0.25) is 0 Å². The number of carbonyl (C=O) groups is 1. The quantitative estimate of drug-likeness (QED) is 0.174. The van der Waals surface area contributed by atoms with Crippen LogP contribution in [0.1, 0.15) is 145 Å². The first-order chi connectivity index (χ1) is 18.1. The lowest BCUT2D eigenvalue weighted by molar-refractivity contribution is 0.0109. The summed E-state index contributed by atoms with van der Waals surface area (Å²) >= 11 is 0. The minimum atomic E-state index is -0.312. The highest BCUT2D eigenvalue weighted by Crippen LogP contribution is 2.41. The second kappa shape index (κ2) is 16.7. The molecule has 0 bridgehead atoms. The molecule has 1 aromatic carbocycles. The van der Waals surface area contributed by atoms with Gasteiger partial charge in [0.2, 0.25) is 0 Å². The van der Waals surface area contributed by atoms with Crippen LogP contribution in [0.4, 0.5) is 0 Å². The second-order valence-corrected chi connectivity index (χ2v) is 11.7. The molecular formula is C33H51NO3. The molecule has 0 N–H and O–H groups in total. The van der Waals surface area contributed by atoms with Crippen molar-refractivity contribution in [1.29, 1.82) is 5.26 Å². The Balaban J connectivity index is 1.35. The van der Waals surface area contributed by atoms with E-state index in [9.17, 15) is 10.1 Å². The molecule has 4 heteroatoms. The van der Waals surface area contributed by atoms with E-state index in [-0.39, 0.29) is 12.1 Å². The van der Waals surface area contributed by atoms with Crippen LogP contribution in [0, 0.1) is 29.1 Å². The van der Waals surface area contributed by atoms with E-state index in [1.165, 1.54) is 83.5 Å². The summed E-state index contributed by atoms with van der Waals surface area (Å²) in [6.45, 7) is 5.03. The van der Waals surface area contributed by atoms with Crippen LogP contribution in [0.15, 0.2) is 18.2 Å². The molecule has 0 radical (unpaired) electrons. The van der Waals surface area contributed by atoms with Gasteiger partial charge < -0.3 is 9.47 Å². The SMILES string of the molecule is CCCCCCCCC1CCC(C2CCC(OC(=O)c3ccc(OCCCCC)c(C#N)c3)CC2)CC1. The Bertz CT molecular complexity index is 828. The fourth-order valence-electron chi connectivity index (χ4n) is 6.46. The normalized spacial score (nSPS) is 23.8. The van der Waals surface area contributed by atoms with E-state index in [1.54, 1.807) is 18.2 Å². The van der Waals surface area contributed by atoms with E-state index in [1.807, 2.05) is 0 Å². The molecule has 0 amide bonds. The molecule has 2 saturated carbocycles. The maximum absolute atomic E-state index is 12.8. The molecule has 1 aromatic rings. The average Bonchev–Trinajstić information content (AvgIpc) is 2.94. The predicted molar refractivity (Wildman–Crippen MR) is 151 cm³/mol. The third-order valence-corrected chi connectivity index (χ3v) is 8.86. The van der Waals surface area contributed by atoms with Crippen molar-refractivity contribution in [3.8, 4) is 11.8 Å². The number of hydrogen-bond acceptors (Lipinski definition) is 4. The summed E-state index contributed by atoms with van der Waals surface area (Å²) in [6, 6.07) is 7.25. The summed E-state index contributed by atoms with van der Waals surface area (Å²) in [7, 11) is 0. The highest BCUT2D eigenvalue weighted by Gasteiger charge is 2.32. The van der Waals surface area contributed by atoms with Crippen LogP contribution in [-0.4, -0.2) is 18.7 Å². The maximum Gasteiger partial charge on any atom is 0.338 e. The number of nitrogens with zero attached hydrogens (tertiary/aromatic N) is 1. The lowest BCUT2D eigenvalue weighted by atomic mass is 9.70. The Morgan fingerprint density at radius 3 is 2.14 bits per heavy atom. The molecule has 4 nitrogen and oxygen atoms in total. The summed E-state index contributed by atoms with van der Waals surface area (Å²) in [5, 5.41) is 9.52. The lowest BCUT2D eigenvalue weighted by Gasteiger charge is -2.37. The minimum Gasteiger partial charge on any atom is -0.492 e. The summed E-state index contributed by atoms with van der Waals surface area (Å²) in [5.41, 5.74) is 0.852. The number of esters is 1. The van der Waals surface area contributed by atoms with Gasteiger partial charge >= 0.3 is 5.97 Å². The van der Waals surface area contributed by atoms with Crippen molar-refractivity contribution in [2.24, 2.45) is 17.8 Å². The Kier molecular flexibility index (Phi) is 13.4. The summed E-state index contributed by atoms with van der Waals surface area (Å²) in [6.07, 6.45) is 23.0. The van der Waals surface area contributed by atoms with Gasteiger partial charge in [-0.2, -0.15) is 5.26 Å². The van der Waals surface area contributed by atoms with Crippen molar-refractivity contribution < 1.29 is 14.3 Å². The number of ether oxygens (including phenoxy) is 2. The van der Waals surface area contributed by atoms with E-state index in [4.69, 9.17) is 9.47 Å². The van der Waals surface area contributed by atoms with Crippen LogP contribution in [0.25, 0.3) is 0 Å². The van der Waals surface area contributed by atoms with Gasteiger partial charge in [0.15, 0.2) is 0 Å². The summed E-state index contributed by atoms with van der Waals surface area (Å²) in [5.74, 6) is 2.89. The molecule has 0 atom stereocenters. The molecule has 2 fully saturated rings. The molecule has 0 aliphatic heterocycles. The highest BCUT2D eigenvalue weighted by molar-refractivity contribution is 5.90. The van der Waals surface area contributed by atoms with E-state index in [2.05, 4.69) is 19.9 Å². The van der Waals surface area contributed by atoms with Gasteiger partial charge in [0.05, 0.1) is 17.7 Å². The Labute approximate surface area is 226 Å². The Morgan fingerprint density at radius 1 is 0.838 bits per heavy atom. The van der Waals surface area contributed by atoms with Gasteiger partial charge in [-0.05, 0) is 80.9 Å². The zero-order valence-corrected chi connectivity index (χ0v) is 23.6. The molecule has 0 spiro atoms. The summed E-state index contributed by atoms with van der Waals surface area (Å²) in [4.78, 5) is 12.8. The first-order valence-corrected chi connectivity index (χ1v) is 15.5. The average molecular weight is 510 g/mol. The molecule has 0 heterocycles. The van der Waals surface area contributed by atoms with Crippen molar-refractivity contribution in [3.05, 3.63) is 29.3 Å². The molecular weight excluding hydrogens is 458 g/mol. The van der Waals surface area contributed by atoms with E-state index >= 15 is 0 Å². The van der Waals surface area contributed by atoms with Crippen molar-refractivity contribution in [2.45, 2.75) is 136 Å². The number of carbonyl (C=O) groups excluding carboxylic acids is 1. The zero-order valence-electron chi connectivity index (χ0n) is 23.6. The lowest BCUT2D eigenvalue weighted by Crippen LogP contribution is -2.29. The first-order valence-electron chi connectivity index (χ1n) is 15.5. The Morgan fingerprint density at radius 2 is 1.46 bits per heavy atom. The number of benzene rings is 1. The zero-order chi connectivity index (χ0) is 26.3. The first kappa shape index (κ1) is 29.5. The standard InChI is InChI=1S/C33H51NO3/c1-3-5-7-8-9-10-12-26-13-15-27(16-14-26)28-17-20-31(21-18-28)37-33(35)29-19-22-32(30(24-29)25-34)36-23-11-6-4-2/h19,22,24,26-28,31H,3-18,20-21,23H2,1-2H3. The number of nitriles is 1. The molecule has 0 unspecified atom stereocenters. The molecule has 206 valence electrons. The van der Waals surface area contributed by atoms with Gasteiger partial charge in [-0.1, -0.05) is 84.5 Å². The monoisotopic (exact) mass is 509 g/mol. The van der Waals surface area contributed by atoms with Crippen molar-refractivity contribution in [3.63, 3.8) is 0 Å². The smallest absolute Gasteiger partial charge is 0.338 e. The van der Waals surface area contributed by atoms with Crippen LogP contribution in [0.3, 0.4) is 0 Å². The Hall–Kier alpha value is -2.02. The van der Waals surface area contributed by atoms with Gasteiger partial charge in [0.25, 0.3) is 0 Å². The van der Waals surface area contributed by atoms with Gasteiger partial charge in [-0.15, -0.1) is 0 Å². The van der Waals surface area contributed by atoms with E-state index in [0.29, 0.717) is 23.5 Å². The largest absolute Gasteiger partial charge is 0.492 e. The fourth-order valence-corrected chi connectivity index (χ4v) is 6.46. The molecule has 2 aliphatic carbocycles. The van der Waals surface area contributed by atoms with Crippen molar-refractivity contribution in [2.75, 3.05) is 6.61 Å². The highest BCUT2D eigenvalue weighted by atomic mass is 16.5. The van der Waals surface area contributed by atoms with Crippen LogP contribution in [0.5, 0.6) is 5.75 Å². The van der Waals surface area contributed by atoms with Crippen LogP contribution in [-0.2, 0) is 4.74 Å². The van der Waals surface area contributed by atoms with Gasteiger partial charge in [-0.25, -0.2) is 4.79 Å². The third kappa shape index (κ3) is 9.99. The number of unbranched alkanes of at least 4 members (excludes halogenated alkanes) is 7. The third-order valence-electron chi connectivity index (χ3n) is 8.86. The number of rotatable bonds is 15. The predicted octanol–water partition coefficient (Wildman–Crippen LogP) is 9.40. The summed E-state index contributed by atoms with van der Waals surface area (Å²) < 4.78 is 11.6. The van der Waals surface area contributed by atoms with Crippen LogP contribution < -0.4 is 4.74 Å². The van der Waals surface area contributed by atoms with E-state index < -0.39 is 0 Å².